The van der Waals surface area contributed by atoms with Crippen LogP contribution in [0.15, 0.2) is 30.3 Å². The summed E-state index contributed by atoms with van der Waals surface area (Å²) in [4.78, 5) is 39.7. The number of hydrogen-bond acceptors (Lipinski definition) is 7. The number of hydrogen-bond donors (Lipinski definition) is 1. The maximum absolute atomic E-state index is 13.4. The molecule has 1 aliphatic heterocycles. The summed E-state index contributed by atoms with van der Waals surface area (Å²) in [5.74, 6) is 2.93. The summed E-state index contributed by atoms with van der Waals surface area (Å²) < 4.78 is 5.32. The minimum Gasteiger partial charge on any atom is -0.496 e. The molecule has 2 aromatic rings. The molecule has 1 saturated heterocycles. The zero-order valence-electron chi connectivity index (χ0n) is 20.7. The third-order valence-electron chi connectivity index (χ3n) is 5.86. The summed E-state index contributed by atoms with van der Waals surface area (Å²) in [5.41, 5.74) is 1.38. The van der Waals surface area contributed by atoms with Gasteiger partial charge in [0.05, 0.1) is 12.7 Å². The van der Waals surface area contributed by atoms with Crippen molar-refractivity contribution >= 4 is 29.4 Å². The molecule has 0 spiro atoms. The Kier molecular flexibility index (Phi) is 9.15. The minimum atomic E-state index is -0.578. The average molecular weight is 486 g/mol. The van der Waals surface area contributed by atoms with Crippen molar-refractivity contribution in [2.75, 3.05) is 50.2 Å². The van der Waals surface area contributed by atoms with E-state index in [1.54, 1.807) is 30.0 Å². The van der Waals surface area contributed by atoms with Crippen LogP contribution >= 0.6 is 11.8 Å². The number of carbonyl (C=O) groups excluding carboxylic acids is 2. The van der Waals surface area contributed by atoms with Gasteiger partial charge in [-0.1, -0.05) is 26.0 Å². The SMILES string of the molecule is COc1ccccc1C(=O)NC(CCSC)C(=O)N1CCN(c2cc(C)nc(C(C)C)n2)CC1. The van der Waals surface area contributed by atoms with E-state index in [1.807, 2.05) is 30.2 Å². The molecule has 1 atom stereocenters. The number of rotatable bonds is 9. The molecule has 0 radical (unpaired) electrons. The van der Waals surface area contributed by atoms with Crippen LogP contribution in [0.2, 0.25) is 0 Å². The van der Waals surface area contributed by atoms with Crippen LogP contribution in [0.3, 0.4) is 0 Å². The Labute approximate surface area is 206 Å². The van der Waals surface area contributed by atoms with Crippen molar-refractivity contribution in [2.24, 2.45) is 0 Å². The molecule has 0 aliphatic carbocycles. The third kappa shape index (κ3) is 6.40. The van der Waals surface area contributed by atoms with Gasteiger partial charge in [-0.2, -0.15) is 11.8 Å². The molecule has 184 valence electrons. The van der Waals surface area contributed by atoms with Gasteiger partial charge in [0.2, 0.25) is 5.91 Å². The Morgan fingerprint density at radius 3 is 2.50 bits per heavy atom. The maximum atomic E-state index is 13.4. The number of thioether (sulfide) groups is 1. The standard InChI is InChI=1S/C25H35N5O3S/c1-17(2)23-26-18(3)16-22(28-23)29-11-13-30(14-12-29)25(32)20(10-15-34-5)27-24(31)19-8-6-7-9-21(19)33-4/h6-9,16-17,20H,10-15H2,1-5H3,(H,27,31). The molecule has 34 heavy (non-hydrogen) atoms. The summed E-state index contributed by atoms with van der Waals surface area (Å²) in [5, 5.41) is 2.95. The van der Waals surface area contributed by atoms with Gasteiger partial charge in [-0.05, 0) is 37.5 Å². The normalized spacial score (nSPS) is 14.8. The molecular weight excluding hydrogens is 450 g/mol. The second kappa shape index (κ2) is 12.1. The predicted molar refractivity (Wildman–Crippen MR) is 137 cm³/mol. The fourth-order valence-electron chi connectivity index (χ4n) is 3.93. The van der Waals surface area contributed by atoms with Gasteiger partial charge in [0.1, 0.15) is 23.4 Å². The first-order valence-corrected chi connectivity index (χ1v) is 13.1. The molecule has 1 aromatic carbocycles. The first-order valence-electron chi connectivity index (χ1n) is 11.7. The summed E-state index contributed by atoms with van der Waals surface area (Å²) in [6.45, 7) is 8.70. The Hall–Kier alpha value is -2.81. The molecule has 1 N–H and O–H groups in total. The molecule has 1 fully saturated rings. The molecule has 2 amide bonds. The van der Waals surface area contributed by atoms with Gasteiger partial charge in [0.25, 0.3) is 5.91 Å². The van der Waals surface area contributed by atoms with Crippen molar-refractivity contribution in [3.05, 3.63) is 47.4 Å². The van der Waals surface area contributed by atoms with Gasteiger partial charge in [-0.25, -0.2) is 9.97 Å². The second-order valence-corrected chi connectivity index (χ2v) is 9.69. The summed E-state index contributed by atoms with van der Waals surface area (Å²) in [6, 6.07) is 8.47. The highest BCUT2D eigenvalue weighted by Crippen LogP contribution is 2.20. The average Bonchev–Trinajstić information content (AvgIpc) is 2.85. The number of anilines is 1. The molecule has 8 nitrogen and oxygen atoms in total. The van der Waals surface area contributed by atoms with Crippen molar-refractivity contribution in [3.8, 4) is 5.75 Å². The van der Waals surface area contributed by atoms with E-state index < -0.39 is 6.04 Å². The van der Waals surface area contributed by atoms with Gasteiger partial charge in [-0.15, -0.1) is 0 Å². The number of amides is 2. The van der Waals surface area contributed by atoms with Crippen LogP contribution in [-0.4, -0.2) is 78.0 Å². The van der Waals surface area contributed by atoms with E-state index in [0.29, 0.717) is 43.9 Å². The van der Waals surface area contributed by atoms with Crippen molar-refractivity contribution in [1.82, 2.24) is 20.2 Å². The van der Waals surface area contributed by atoms with E-state index in [0.717, 1.165) is 23.1 Å². The van der Waals surface area contributed by atoms with Crippen LogP contribution in [-0.2, 0) is 4.79 Å². The lowest BCUT2D eigenvalue weighted by Crippen LogP contribution is -2.55. The minimum absolute atomic E-state index is 0.0429. The van der Waals surface area contributed by atoms with Gasteiger partial charge in [-0.3, -0.25) is 9.59 Å². The molecule has 0 saturated carbocycles. The number of nitrogens with one attached hydrogen (secondary N) is 1. The monoisotopic (exact) mass is 485 g/mol. The number of para-hydroxylation sites is 1. The predicted octanol–water partition coefficient (Wildman–Crippen LogP) is 3.12. The lowest BCUT2D eigenvalue weighted by molar-refractivity contribution is -0.133. The molecule has 0 bridgehead atoms. The third-order valence-corrected chi connectivity index (χ3v) is 6.50. The van der Waals surface area contributed by atoms with E-state index in [4.69, 9.17) is 9.72 Å². The van der Waals surface area contributed by atoms with Crippen LogP contribution in [0.4, 0.5) is 5.82 Å². The Balaban J connectivity index is 1.67. The number of methoxy groups -OCH3 is 1. The highest BCUT2D eigenvalue weighted by atomic mass is 32.2. The molecule has 9 heteroatoms. The summed E-state index contributed by atoms with van der Waals surface area (Å²) >= 11 is 1.66. The molecular formula is C25H35N5O3S. The topological polar surface area (TPSA) is 87.7 Å². The first-order chi connectivity index (χ1) is 16.3. The van der Waals surface area contributed by atoms with Gasteiger partial charge >= 0.3 is 0 Å². The van der Waals surface area contributed by atoms with Crippen molar-refractivity contribution < 1.29 is 14.3 Å². The van der Waals surface area contributed by atoms with Crippen LogP contribution in [0.1, 0.15) is 48.1 Å². The van der Waals surface area contributed by atoms with Gasteiger partial charge in [0.15, 0.2) is 0 Å². The number of carbonyl (C=O) groups is 2. The Bertz CT molecular complexity index is 992. The lowest BCUT2D eigenvalue weighted by atomic mass is 10.1. The van der Waals surface area contributed by atoms with Crippen molar-refractivity contribution in [2.45, 2.75) is 39.2 Å². The number of aromatic nitrogens is 2. The lowest BCUT2D eigenvalue weighted by Gasteiger charge is -2.37. The number of piperazine rings is 1. The van der Waals surface area contributed by atoms with Crippen LogP contribution < -0.4 is 15.0 Å². The number of aryl methyl sites for hydroxylation is 1. The van der Waals surface area contributed by atoms with Gasteiger partial charge in [0, 0.05) is 43.9 Å². The quantitative estimate of drug-likeness (QED) is 0.584. The number of benzene rings is 1. The van der Waals surface area contributed by atoms with Gasteiger partial charge < -0.3 is 19.9 Å². The zero-order valence-corrected chi connectivity index (χ0v) is 21.5. The van der Waals surface area contributed by atoms with Crippen LogP contribution in [0.5, 0.6) is 5.75 Å². The maximum Gasteiger partial charge on any atom is 0.255 e. The smallest absolute Gasteiger partial charge is 0.255 e. The van der Waals surface area contributed by atoms with E-state index in [2.05, 4.69) is 29.0 Å². The van der Waals surface area contributed by atoms with E-state index >= 15 is 0 Å². The fraction of sp³-hybridized carbons (Fsp3) is 0.520. The van der Waals surface area contributed by atoms with Crippen molar-refractivity contribution in [3.63, 3.8) is 0 Å². The zero-order chi connectivity index (χ0) is 24.7. The Morgan fingerprint density at radius 2 is 1.85 bits per heavy atom. The fourth-order valence-corrected chi connectivity index (χ4v) is 4.40. The van der Waals surface area contributed by atoms with Crippen LogP contribution in [0.25, 0.3) is 0 Å². The number of nitrogens with zero attached hydrogens (tertiary/aromatic N) is 4. The largest absolute Gasteiger partial charge is 0.496 e. The molecule has 2 heterocycles. The highest BCUT2D eigenvalue weighted by molar-refractivity contribution is 7.98. The summed E-state index contributed by atoms with van der Waals surface area (Å²) in [6.07, 6.45) is 2.57. The van der Waals surface area contributed by atoms with E-state index in [9.17, 15) is 9.59 Å². The first kappa shape index (κ1) is 25.8. The van der Waals surface area contributed by atoms with Crippen molar-refractivity contribution in [1.29, 1.82) is 0 Å². The van der Waals surface area contributed by atoms with E-state index in [-0.39, 0.29) is 17.7 Å². The molecule has 1 unspecified atom stereocenters. The molecule has 1 aliphatic rings. The second-order valence-electron chi connectivity index (χ2n) is 8.70. The molecule has 3 rings (SSSR count). The summed E-state index contributed by atoms with van der Waals surface area (Å²) in [7, 11) is 1.53. The highest BCUT2D eigenvalue weighted by Gasteiger charge is 2.30. The van der Waals surface area contributed by atoms with E-state index in [1.165, 1.54) is 7.11 Å². The Morgan fingerprint density at radius 1 is 1.15 bits per heavy atom. The molecule has 1 aromatic heterocycles. The van der Waals surface area contributed by atoms with Crippen LogP contribution in [0, 0.1) is 6.92 Å². The number of ether oxygens (including phenoxy) is 1.